The largest absolute Gasteiger partial charge is 0.457 e. The average Bonchev–Trinajstić information content (AvgIpc) is 3.27. The number of Topliss-reactive ketones (excluding diaryl/α,β-unsaturated/α-hetero) is 1. The van der Waals surface area contributed by atoms with Crippen molar-refractivity contribution in [3.8, 4) is 0 Å². The van der Waals surface area contributed by atoms with Gasteiger partial charge in [0.1, 0.15) is 22.9 Å². The maximum absolute atomic E-state index is 13.3. The van der Waals surface area contributed by atoms with Crippen LogP contribution in [0.3, 0.4) is 0 Å². The van der Waals surface area contributed by atoms with Gasteiger partial charge in [-0.05, 0) is 56.2 Å². The van der Waals surface area contributed by atoms with E-state index in [4.69, 9.17) is 10.5 Å². The number of esters is 1. The van der Waals surface area contributed by atoms with Crippen LogP contribution in [0.2, 0.25) is 0 Å². The van der Waals surface area contributed by atoms with Gasteiger partial charge in [0, 0.05) is 30.7 Å². The van der Waals surface area contributed by atoms with Gasteiger partial charge in [-0.15, -0.1) is 11.3 Å². The van der Waals surface area contributed by atoms with Crippen molar-refractivity contribution in [2.45, 2.75) is 91.8 Å². The van der Waals surface area contributed by atoms with Crippen molar-refractivity contribution < 1.29 is 14.3 Å². The predicted octanol–water partition coefficient (Wildman–Crippen LogP) is 6.64. The van der Waals surface area contributed by atoms with Gasteiger partial charge in [0.25, 0.3) is 0 Å². The monoisotopic (exact) mass is 513 g/mol. The van der Waals surface area contributed by atoms with Crippen LogP contribution in [0.1, 0.15) is 89.8 Å². The van der Waals surface area contributed by atoms with E-state index in [1.807, 2.05) is 39.0 Å². The van der Waals surface area contributed by atoms with E-state index in [1.54, 1.807) is 18.3 Å². The number of nitroso groups, excluding NO2 is 1. The molecule has 1 aromatic carbocycles. The Bertz CT molecular complexity index is 1120. The molecular weight excluding hydrogens is 474 g/mol. The summed E-state index contributed by atoms with van der Waals surface area (Å²) in [6.45, 7) is 9.94. The van der Waals surface area contributed by atoms with Gasteiger partial charge in [-0.1, -0.05) is 50.6 Å². The number of cyclic esters (lactones) is 1. The Morgan fingerprint density at radius 2 is 1.97 bits per heavy atom. The van der Waals surface area contributed by atoms with Gasteiger partial charge < -0.3 is 10.5 Å². The molecule has 2 N–H and O–H groups in total. The van der Waals surface area contributed by atoms with Crippen molar-refractivity contribution in [3.05, 3.63) is 45.3 Å². The van der Waals surface area contributed by atoms with Crippen molar-refractivity contribution in [2.24, 2.45) is 28.2 Å². The summed E-state index contributed by atoms with van der Waals surface area (Å²) in [7, 11) is 0. The van der Waals surface area contributed by atoms with Crippen molar-refractivity contribution in [1.82, 2.24) is 4.98 Å². The second-order valence-corrected chi connectivity index (χ2v) is 11.9. The number of ether oxygens (including phenoxy) is 1. The van der Waals surface area contributed by atoms with Gasteiger partial charge in [0.15, 0.2) is 0 Å². The highest BCUT2D eigenvalue weighted by Crippen LogP contribution is 2.34. The first-order valence-electron chi connectivity index (χ1n) is 12.9. The summed E-state index contributed by atoms with van der Waals surface area (Å²) in [5.41, 5.74) is 7.96. The van der Waals surface area contributed by atoms with Crippen LogP contribution in [0.25, 0.3) is 10.2 Å². The SMILES string of the molecule is C/C1=C/CC(c2ccc3sc(CN)nc3c2)OC(=O)CCC(C)(C)C(=O)[C@H](C)C(N=O)[C@@H](C)CCC1. The lowest BCUT2D eigenvalue weighted by Crippen LogP contribution is -2.38. The van der Waals surface area contributed by atoms with E-state index in [2.05, 4.69) is 23.2 Å². The average molecular weight is 514 g/mol. The van der Waals surface area contributed by atoms with Crippen LogP contribution in [0.5, 0.6) is 0 Å². The summed E-state index contributed by atoms with van der Waals surface area (Å²) in [4.78, 5) is 42.5. The normalized spacial score (nSPS) is 28.3. The lowest BCUT2D eigenvalue weighted by molar-refractivity contribution is -0.150. The molecule has 0 saturated carbocycles. The third-order valence-electron chi connectivity index (χ3n) is 7.44. The molecule has 0 bridgehead atoms. The number of benzene rings is 1. The fourth-order valence-electron chi connectivity index (χ4n) is 5.03. The Morgan fingerprint density at radius 3 is 2.67 bits per heavy atom. The zero-order valence-corrected chi connectivity index (χ0v) is 22.9. The Kier molecular flexibility index (Phi) is 9.53. The fraction of sp³-hybridized carbons (Fsp3) is 0.607. The summed E-state index contributed by atoms with van der Waals surface area (Å²) in [6.07, 6.45) is 5.32. The summed E-state index contributed by atoms with van der Waals surface area (Å²) < 4.78 is 7.02. The first-order valence-corrected chi connectivity index (χ1v) is 13.7. The molecule has 1 aliphatic rings. The van der Waals surface area contributed by atoms with Gasteiger partial charge in [0.2, 0.25) is 0 Å². The summed E-state index contributed by atoms with van der Waals surface area (Å²) in [6, 6.07) is 5.41. The molecule has 0 saturated heterocycles. The van der Waals surface area contributed by atoms with Crippen LogP contribution in [0.4, 0.5) is 0 Å². The number of carbonyl (C=O) groups is 2. The van der Waals surface area contributed by atoms with E-state index in [-0.39, 0.29) is 24.1 Å². The van der Waals surface area contributed by atoms with Gasteiger partial charge in [-0.2, -0.15) is 4.91 Å². The van der Waals surface area contributed by atoms with Crippen LogP contribution in [0, 0.1) is 22.2 Å². The highest BCUT2D eigenvalue weighted by atomic mass is 32.1. The van der Waals surface area contributed by atoms with E-state index in [0.29, 0.717) is 19.4 Å². The molecule has 0 aliphatic carbocycles. The van der Waals surface area contributed by atoms with E-state index in [9.17, 15) is 14.5 Å². The third kappa shape index (κ3) is 6.85. The molecule has 0 spiro atoms. The second kappa shape index (κ2) is 12.2. The number of nitrogens with zero attached hydrogens (tertiary/aromatic N) is 2. The predicted molar refractivity (Wildman–Crippen MR) is 145 cm³/mol. The number of carbonyl (C=O) groups excluding carboxylic acids is 2. The van der Waals surface area contributed by atoms with Crippen LogP contribution in [-0.2, 0) is 20.9 Å². The minimum Gasteiger partial charge on any atom is -0.457 e. The molecule has 0 fully saturated rings. The molecule has 4 atom stereocenters. The van der Waals surface area contributed by atoms with Crippen molar-refractivity contribution in [1.29, 1.82) is 0 Å². The van der Waals surface area contributed by atoms with E-state index in [0.717, 1.165) is 40.1 Å². The number of allylic oxidation sites excluding steroid dienone is 1. The molecule has 8 heteroatoms. The first-order chi connectivity index (χ1) is 17.1. The summed E-state index contributed by atoms with van der Waals surface area (Å²) >= 11 is 1.57. The number of aromatic nitrogens is 1. The zero-order valence-electron chi connectivity index (χ0n) is 22.1. The van der Waals surface area contributed by atoms with Crippen LogP contribution < -0.4 is 5.73 Å². The van der Waals surface area contributed by atoms with Crippen molar-refractivity contribution in [3.63, 3.8) is 0 Å². The van der Waals surface area contributed by atoms with Gasteiger partial charge in [0.05, 0.1) is 10.2 Å². The van der Waals surface area contributed by atoms with E-state index < -0.39 is 23.5 Å². The minimum absolute atomic E-state index is 0.0129. The number of hydrogen-bond acceptors (Lipinski definition) is 8. The Labute approximate surface area is 217 Å². The maximum Gasteiger partial charge on any atom is 0.306 e. The highest BCUT2D eigenvalue weighted by molar-refractivity contribution is 7.18. The Hall–Kier alpha value is -2.45. The molecule has 2 aromatic rings. The molecule has 0 radical (unpaired) electrons. The maximum atomic E-state index is 13.3. The van der Waals surface area contributed by atoms with Crippen molar-refractivity contribution >= 4 is 33.3 Å². The lowest BCUT2D eigenvalue weighted by atomic mass is 9.73. The molecule has 7 nitrogen and oxygen atoms in total. The third-order valence-corrected chi connectivity index (χ3v) is 8.50. The Morgan fingerprint density at radius 1 is 1.22 bits per heavy atom. The van der Waals surface area contributed by atoms with Gasteiger partial charge >= 0.3 is 5.97 Å². The van der Waals surface area contributed by atoms with E-state index in [1.165, 1.54) is 5.57 Å². The zero-order chi connectivity index (χ0) is 26.5. The lowest BCUT2D eigenvalue weighted by Gasteiger charge is -2.30. The molecular formula is C28H39N3O4S. The standard InChI is InChI=1S/C28H39N3O4S/c1-17-7-6-8-18(2)26(31-34)19(3)27(33)28(4,5)14-13-25(32)35-22(11-9-17)20-10-12-23-21(15-20)30-24(16-29)36-23/h9-10,12,15,18-19,22,26H,6-8,11,13-14,16,29H2,1-5H3/b17-9-/t18-,19+,22?,26?/m0/s1. The Balaban J connectivity index is 1.88. The number of fused-ring (bicyclic) bond motifs is 1. The summed E-state index contributed by atoms with van der Waals surface area (Å²) in [5.74, 6) is -0.856. The molecule has 1 aromatic heterocycles. The number of nitrogens with two attached hydrogens (primary N) is 1. The number of hydrogen-bond donors (Lipinski definition) is 1. The second-order valence-electron chi connectivity index (χ2n) is 10.8. The minimum atomic E-state index is -0.762. The quantitative estimate of drug-likeness (QED) is 0.280. The van der Waals surface area contributed by atoms with Gasteiger partial charge in [-0.25, -0.2) is 4.98 Å². The van der Waals surface area contributed by atoms with Crippen LogP contribution >= 0.6 is 11.3 Å². The summed E-state index contributed by atoms with van der Waals surface area (Å²) in [5, 5.41) is 4.22. The number of ketones is 1. The molecule has 3 rings (SSSR count). The number of thiazole rings is 1. The topological polar surface area (TPSA) is 112 Å². The molecule has 2 heterocycles. The molecule has 2 unspecified atom stereocenters. The van der Waals surface area contributed by atoms with Gasteiger partial charge in [-0.3, -0.25) is 9.59 Å². The van der Waals surface area contributed by atoms with Crippen LogP contribution in [-0.4, -0.2) is 22.8 Å². The molecule has 36 heavy (non-hydrogen) atoms. The van der Waals surface area contributed by atoms with Crippen LogP contribution in [0.15, 0.2) is 35.0 Å². The molecule has 1 aliphatic heterocycles. The van der Waals surface area contributed by atoms with Crippen molar-refractivity contribution in [2.75, 3.05) is 0 Å². The molecule has 0 amide bonds. The first kappa shape index (κ1) is 28.1. The van der Waals surface area contributed by atoms with E-state index >= 15 is 0 Å². The highest BCUT2D eigenvalue weighted by Gasteiger charge is 2.38. The number of rotatable bonds is 3. The molecule has 196 valence electrons. The smallest absolute Gasteiger partial charge is 0.306 e. The fourth-order valence-corrected chi connectivity index (χ4v) is 5.86.